The minimum absolute atomic E-state index is 0.179. The van der Waals surface area contributed by atoms with Crippen LogP contribution in [0.5, 0.6) is 0 Å². The number of anilines is 1. The lowest BCUT2D eigenvalue weighted by Crippen LogP contribution is -2.18. The molecular weight excluding hydrogens is 423 g/mol. The number of hydrogen-bond acceptors (Lipinski definition) is 5. The van der Waals surface area contributed by atoms with E-state index in [-0.39, 0.29) is 17.5 Å². The Balaban J connectivity index is 1.45. The highest BCUT2D eigenvalue weighted by molar-refractivity contribution is 6.04. The quantitative estimate of drug-likeness (QED) is 0.626. The van der Waals surface area contributed by atoms with E-state index in [0.29, 0.717) is 17.3 Å². The van der Waals surface area contributed by atoms with E-state index in [0.717, 1.165) is 43.6 Å². The molecular formula is C22H22F3N5O2. The summed E-state index contributed by atoms with van der Waals surface area (Å²) in [6.07, 6.45) is 2.27. The fourth-order valence-electron chi connectivity index (χ4n) is 3.83. The molecule has 10 heteroatoms. The Bertz CT molecular complexity index is 1090. The average molecular weight is 445 g/mol. The first-order valence-corrected chi connectivity index (χ1v) is 10.3. The number of alkyl halides is 3. The number of halogens is 3. The molecule has 1 saturated carbocycles. The van der Waals surface area contributed by atoms with Crippen LogP contribution in [0.25, 0.3) is 5.82 Å². The molecule has 1 aliphatic carbocycles. The Morgan fingerprint density at radius 1 is 1.06 bits per heavy atom. The number of amides is 1. The maximum Gasteiger partial charge on any atom is 0.417 e. The highest BCUT2D eigenvalue weighted by atomic mass is 19.4. The maximum atomic E-state index is 12.7. The van der Waals surface area contributed by atoms with Crippen LogP contribution in [-0.4, -0.2) is 36.9 Å². The molecule has 1 aliphatic rings. The van der Waals surface area contributed by atoms with E-state index < -0.39 is 17.6 Å². The first kappa shape index (κ1) is 21.9. The number of aromatic nitrogens is 4. The number of aliphatic hydroxyl groups is 1. The van der Waals surface area contributed by atoms with Crippen molar-refractivity contribution in [2.24, 2.45) is 0 Å². The molecule has 2 N–H and O–H groups in total. The van der Waals surface area contributed by atoms with Gasteiger partial charge in [-0.2, -0.15) is 18.3 Å². The first-order chi connectivity index (χ1) is 15.2. The fraction of sp³-hybridized carbons (Fsp3) is 0.364. The van der Waals surface area contributed by atoms with Crippen LogP contribution in [0.1, 0.15) is 58.9 Å². The number of rotatable bonds is 4. The summed E-state index contributed by atoms with van der Waals surface area (Å²) in [5.74, 6) is 0.0778. The maximum absolute atomic E-state index is 12.7. The van der Waals surface area contributed by atoms with Crippen LogP contribution in [0.2, 0.25) is 0 Å². The Morgan fingerprint density at radius 2 is 1.81 bits per heavy atom. The van der Waals surface area contributed by atoms with Crippen molar-refractivity contribution in [2.45, 2.75) is 50.8 Å². The Morgan fingerprint density at radius 3 is 2.41 bits per heavy atom. The largest absolute Gasteiger partial charge is 0.417 e. The lowest BCUT2D eigenvalue weighted by atomic mass is 9.85. The van der Waals surface area contributed by atoms with Crippen LogP contribution >= 0.6 is 0 Å². The van der Waals surface area contributed by atoms with E-state index >= 15 is 0 Å². The van der Waals surface area contributed by atoms with Gasteiger partial charge in [-0.25, -0.2) is 9.67 Å². The van der Waals surface area contributed by atoms with Crippen LogP contribution in [0.15, 0.2) is 42.9 Å². The van der Waals surface area contributed by atoms with E-state index in [1.807, 2.05) is 6.07 Å². The zero-order valence-electron chi connectivity index (χ0n) is 17.3. The van der Waals surface area contributed by atoms with Gasteiger partial charge in [0, 0.05) is 17.8 Å². The zero-order valence-corrected chi connectivity index (χ0v) is 17.3. The molecule has 168 valence electrons. The van der Waals surface area contributed by atoms with Crippen molar-refractivity contribution in [1.29, 1.82) is 0 Å². The van der Waals surface area contributed by atoms with Crippen molar-refractivity contribution >= 4 is 11.6 Å². The summed E-state index contributed by atoms with van der Waals surface area (Å²) in [6, 6.07) is 5.78. The van der Waals surface area contributed by atoms with Gasteiger partial charge in [0.25, 0.3) is 5.91 Å². The van der Waals surface area contributed by atoms with Gasteiger partial charge in [0.05, 0.1) is 41.0 Å². The van der Waals surface area contributed by atoms with Crippen LogP contribution in [0, 0.1) is 6.92 Å². The molecule has 0 aliphatic heterocycles. The van der Waals surface area contributed by atoms with E-state index in [4.69, 9.17) is 0 Å². The topological polar surface area (TPSA) is 92.9 Å². The molecule has 32 heavy (non-hydrogen) atoms. The average Bonchev–Trinajstić information content (AvgIpc) is 3.16. The van der Waals surface area contributed by atoms with Gasteiger partial charge in [0.1, 0.15) is 0 Å². The number of carbonyl (C=O) groups is 1. The standard InChI is InChI=1S/C22H22F3N5O2/c1-13-18(12-28-30(13)20-9-4-15(10-27-20)22(23,24)25)21(32)29-16-5-8-19(26-11-16)14-2-6-17(31)7-3-14/h4-5,8-12,14,17,31H,2-3,6-7H2,1H3,(H,29,32). The molecule has 4 rings (SSSR count). The Labute approximate surface area is 182 Å². The lowest BCUT2D eigenvalue weighted by molar-refractivity contribution is -0.137. The molecule has 3 aromatic heterocycles. The summed E-state index contributed by atoms with van der Waals surface area (Å²) in [6.45, 7) is 1.64. The van der Waals surface area contributed by atoms with Crippen molar-refractivity contribution in [3.05, 3.63) is 65.4 Å². The van der Waals surface area contributed by atoms with E-state index in [1.165, 1.54) is 16.9 Å². The normalized spacial score (nSPS) is 19.0. The smallest absolute Gasteiger partial charge is 0.393 e. The number of pyridine rings is 2. The van der Waals surface area contributed by atoms with Gasteiger partial charge in [-0.3, -0.25) is 9.78 Å². The third kappa shape index (κ3) is 4.64. The summed E-state index contributed by atoms with van der Waals surface area (Å²) in [4.78, 5) is 21.0. The molecule has 3 heterocycles. The van der Waals surface area contributed by atoms with Crippen molar-refractivity contribution in [3.63, 3.8) is 0 Å². The number of nitrogens with zero attached hydrogens (tertiary/aromatic N) is 4. The van der Waals surface area contributed by atoms with Crippen molar-refractivity contribution in [2.75, 3.05) is 5.32 Å². The minimum atomic E-state index is -4.47. The second-order valence-corrected chi connectivity index (χ2v) is 7.89. The molecule has 0 radical (unpaired) electrons. The van der Waals surface area contributed by atoms with E-state index in [1.54, 1.807) is 19.2 Å². The highest BCUT2D eigenvalue weighted by Crippen LogP contribution is 2.32. The monoisotopic (exact) mass is 445 g/mol. The van der Waals surface area contributed by atoms with Crippen LogP contribution < -0.4 is 5.32 Å². The first-order valence-electron chi connectivity index (χ1n) is 10.3. The molecule has 0 saturated heterocycles. The molecule has 1 amide bonds. The summed E-state index contributed by atoms with van der Waals surface area (Å²) in [7, 11) is 0. The van der Waals surface area contributed by atoms with Crippen LogP contribution in [0.3, 0.4) is 0 Å². The van der Waals surface area contributed by atoms with Gasteiger partial charge in [0.2, 0.25) is 0 Å². The van der Waals surface area contributed by atoms with Crippen molar-refractivity contribution in [3.8, 4) is 5.82 Å². The number of nitrogens with one attached hydrogen (secondary N) is 1. The summed E-state index contributed by atoms with van der Waals surface area (Å²) in [5, 5.41) is 16.5. The summed E-state index contributed by atoms with van der Waals surface area (Å²) < 4.78 is 39.5. The minimum Gasteiger partial charge on any atom is -0.393 e. The number of carbonyl (C=O) groups excluding carboxylic acids is 1. The number of aliphatic hydroxyl groups excluding tert-OH is 1. The van der Waals surface area contributed by atoms with Gasteiger partial charge < -0.3 is 10.4 Å². The molecule has 0 aromatic carbocycles. The third-order valence-corrected chi connectivity index (χ3v) is 5.71. The summed E-state index contributed by atoms with van der Waals surface area (Å²) >= 11 is 0. The van der Waals surface area contributed by atoms with Crippen molar-refractivity contribution < 1.29 is 23.1 Å². The SMILES string of the molecule is Cc1c(C(=O)Nc2ccc(C3CCC(O)CC3)nc2)cnn1-c1ccc(C(F)(F)F)cn1. The Kier molecular flexibility index (Phi) is 5.96. The van der Waals surface area contributed by atoms with Gasteiger partial charge >= 0.3 is 6.18 Å². The molecule has 3 aromatic rings. The van der Waals surface area contributed by atoms with Gasteiger partial charge in [-0.15, -0.1) is 0 Å². The molecule has 0 bridgehead atoms. The van der Waals surface area contributed by atoms with Gasteiger partial charge in [-0.1, -0.05) is 0 Å². The number of hydrogen-bond donors (Lipinski definition) is 2. The zero-order chi connectivity index (χ0) is 22.9. The van der Waals surface area contributed by atoms with Crippen LogP contribution in [-0.2, 0) is 6.18 Å². The molecule has 1 fully saturated rings. The highest BCUT2D eigenvalue weighted by Gasteiger charge is 2.31. The molecule has 0 spiro atoms. The summed E-state index contributed by atoms with van der Waals surface area (Å²) in [5.41, 5.74) is 1.32. The predicted molar refractivity (Wildman–Crippen MR) is 111 cm³/mol. The fourth-order valence-corrected chi connectivity index (χ4v) is 3.83. The molecule has 7 nitrogen and oxygen atoms in total. The second-order valence-electron chi connectivity index (χ2n) is 7.89. The van der Waals surface area contributed by atoms with Gasteiger partial charge in [0.15, 0.2) is 5.82 Å². The Hall–Kier alpha value is -3.27. The van der Waals surface area contributed by atoms with Crippen LogP contribution in [0.4, 0.5) is 18.9 Å². The van der Waals surface area contributed by atoms with Gasteiger partial charge in [-0.05, 0) is 56.9 Å². The van der Waals surface area contributed by atoms with E-state index in [9.17, 15) is 23.1 Å². The van der Waals surface area contributed by atoms with Crippen molar-refractivity contribution in [1.82, 2.24) is 19.7 Å². The molecule has 0 unspecified atom stereocenters. The third-order valence-electron chi connectivity index (χ3n) is 5.71. The predicted octanol–water partition coefficient (Wildman–Crippen LogP) is 4.26. The molecule has 0 atom stereocenters. The second kappa shape index (κ2) is 8.70. The lowest BCUT2D eigenvalue weighted by Gasteiger charge is -2.24. The van der Waals surface area contributed by atoms with E-state index in [2.05, 4.69) is 20.4 Å².